The molecular formula is C12H17F3N2. The number of nitrogens with zero attached hydrogens (tertiary/aromatic N) is 1. The number of anilines is 1. The summed E-state index contributed by atoms with van der Waals surface area (Å²) in [6.45, 7) is 1.01. The molecule has 17 heavy (non-hydrogen) atoms. The Morgan fingerprint density at radius 3 is 1.94 bits per heavy atom. The molecule has 0 spiro atoms. The maximum Gasteiger partial charge on any atom is 0.406 e. The van der Waals surface area contributed by atoms with Crippen LogP contribution in [0.25, 0.3) is 0 Å². The predicted octanol–water partition coefficient (Wildman–Crippen LogP) is 2.57. The minimum atomic E-state index is -4.40. The van der Waals surface area contributed by atoms with Gasteiger partial charge in [0.25, 0.3) is 0 Å². The van der Waals surface area contributed by atoms with E-state index < -0.39 is 11.7 Å². The zero-order valence-corrected chi connectivity index (χ0v) is 10.2. The highest BCUT2D eigenvalue weighted by atomic mass is 19.4. The molecule has 0 saturated carbocycles. The summed E-state index contributed by atoms with van der Waals surface area (Å²) in [5, 5.41) is 0. The summed E-state index contributed by atoms with van der Waals surface area (Å²) in [6, 6.07) is 6.90. The van der Waals surface area contributed by atoms with Gasteiger partial charge in [0.2, 0.25) is 0 Å². The summed E-state index contributed by atoms with van der Waals surface area (Å²) < 4.78 is 37.8. The first-order valence-corrected chi connectivity index (χ1v) is 5.25. The lowest BCUT2D eigenvalue weighted by atomic mass is 9.93. The largest absolute Gasteiger partial charge is 0.406 e. The van der Waals surface area contributed by atoms with Crippen molar-refractivity contribution in [1.29, 1.82) is 0 Å². The number of alkyl halides is 3. The standard InChI is InChI=1S/C12H17F3N2/c1-11(16,12(13,14)15)8-9-4-6-10(7-5-9)17(2)3/h4-7H,8,16H2,1-3H3. The van der Waals surface area contributed by atoms with Crippen molar-refractivity contribution in [3.8, 4) is 0 Å². The van der Waals surface area contributed by atoms with Crippen LogP contribution >= 0.6 is 0 Å². The van der Waals surface area contributed by atoms with Gasteiger partial charge in [0.05, 0.1) is 0 Å². The van der Waals surface area contributed by atoms with Crippen molar-refractivity contribution in [1.82, 2.24) is 0 Å². The van der Waals surface area contributed by atoms with E-state index in [1.54, 1.807) is 24.3 Å². The van der Waals surface area contributed by atoms with Crippen molar-refractivity contribution >= 4 is 5.69 Å². The number of rotatable bonds is 3. The molecule has 0 aromatic heterocycles. The highest BCUT2D eigenvalue weighted by Crippen LogP contribution is 2.31. The van der Waals surface area contributed by atoms with Gasteiger partial charge in [0.15, 0.2) is 0 Å². The Balaban J connectivity index is 2.83. The summed E-state index contributed by atoms with van der Waals surface area (Å²) in [4.78, 5) is 1.88. The molecule has 0 saturated heterocycles. The number of hydrogen-bond donors (Lipinski definition) is 1. The fourth-order valence-electron chi connectivity index (χ4n) is 1.44. The molecule has 1 unspecified atom stereocenters. The Kier molecular flexibility index (Phi) is 3.71. The molecule has 5 heteroatoms. The van der Waals surface area contributed by atoms with E-state index in [1.165, 1.54) is 0 Å². The molecule has 1 aromatic rings. The number of halogens is 3. The maximum absolute atomic E-state index is 12.6. The Hall–Kier alpha value is -1.23. The van der Waals surface area contributed by atoms with E-state index in [9.17, 15) is 13.2 Å². The maximum atomic E-state index is 12.6. The molecule has 0 heterocycles. The lowest BCUT2D eigenvalue weighted by Gasteiger charge is -2.27. The van der Waals surface area contributed by atoms with E-state index in [1.807, 2.05) is 19.0 Å². The topological polar surface area (TPSA) is 29.3 Å². The van der Waals surface area contributed by atoms with Crippen LogP contribution in [-0.4, -0.2) is 25.8 Å². The zero-order valence-electron chi connectivity index (χ0n) is 10.2. The van der Waals surface area contributed by atoms with Crippen LogP contribution in [0.5, 0.6) is 0 Å². The molecule has 0 radical (unpaired) electrons. The van der Waals surface area contributed by atoms with Crippen molar-refractivity contribution in [2.45, 2.75) is 25.1 Å². The Morgan fingerprint density at radius 2 is 1.59 bits per heavy atom. The second-order valence-corrected chi connectivity index (χ2v) is 4.65. The van der Waals surface area contributed by atoms with Crippen LogP contribution in [0, 0.1) is 0 Å². The quantitative estimate of drug-likeness (QED) is 0.888. The van der Waals surface area contributed by atoms with Gasteiger partial charge in [-0.2, -0.15) is 13.2 Å². The van der Waals surface area contributed by atoms with Crippen molar-refractivity contribution in [2.75, 3.05) is 19.0 Å². The minimum Gasteiger partial charge on any atom is -0.378 e. The van der Waals surface area contributed by atoms with Crippen LogP contribution in [0.2, 0.25) is 0 Å². The van der Waals surface area contributed by atoms with Crippen LogP contribution in [-0.2, 0) is 6.42 Å². The van der Waals surface area contributed by atoms with Crippen molar-refractivity contribution < 1.29 is 13.2 Å². The van der Waals surface area contributed by atoms with Crippen LogP contribution in [0.4, 0.5) is 18.9 Å². The van der Waals surface area contributed by atoms with Crippen molar-refractivity contribution in [2.24, 2.45) is 5.73 Å². The molecule has 2 nitrogen and oxygen atoms in total. The van der Waals surface area contributed by atoms with Gasteiger partial charge in [0, 0.05) is 19.8 Å². The molecule has 0 amide bonds. The molecule has 0 aliphatic heterocycles. The van der Waals surface area contributed by atoms with E-state index in [2.05, 4.69) is 0 Å². The average Bonchev–Trinajstić information content (AvgIpc) is 2.16. The Labute approximate surface area is 99.2 Å². The molecule has 1 atom stereocenters. The molecule has 96 valence electrons. The summed E-state index contributed by atoms with van der Waals surface area (Å²) in [5.41, 5.74) is 4.63. The number of hydrogen-bond acceptors (Lipinski definition) is 2. The third-order valence-corrected chi connectivity index (χ3v) is 2.67. The van der Waals surface area contributed by atoms with Crippen molar-refractivity contribution in [3.05, 3.63) is 29.8 Å². The van der Waals surface area contributed by atoms with E-state index in [4.69, 9.17) is 5.73 Å². The number of nitrogens with two attached hydrogens (primary N) is 1. The molecule has 0 aliphatic rings. The fourth-order valence-corrected chi connectivity index (χ4v) is 1.44. The van der Waals surface area contributed by atoms with E-state index in [-0.39, 0.29) is 6.42 Å². The monoisotopic (exact) mass is 246 g/mol. The third-order valence-electron chi connectivity index (χ3n) is 2.67. The molecule has 0 aliphatic carbocycles. The summed E-state index contributed by atoms with van der Waals surface area (Å²) in [5.74, 6) is 0. The first kappa shape index (κ1) is 13.8. The van der Waals surface area contributed by atoms with Gasteiger partial charge < -0.3 is 10.6 Å². The zero-order chi connectivity index (χ0) is 13.3. The predicted molar refractivity (Wildman–Crippen MR) is 63.1 cm³/mol. The molecule has 1 aromatic carbocycles. The molecule has 0 bridgehead atoms. The van der Waals surface area contributed by atoms with E-state index in [0.29, 0.717) is 5.56 Å². The first-order valence-electron chi connectivity index (χ1n) is 5.25. The minimum absolute atomic E-state index is 0.218. The Morgan fingerprint density at radius 1 is 1.12 bits per heavy atom. The summed E-state index contributed by atoms with van der Waals surface area (Å²) in [6.07, 6.45) is -4.61. The number of benzene rings is 1. The van der Waals surface area contributed by atoms with Crippen LogP contribution in [0.15, 0.2) is 24.3 Å². The van der Waals surface area contributed by atoms with Gasteiger partial charge in [-0.3, -0.25) is 0 Å². The molecule has 2 N–H and O–H groups in total. The van der Waals surface area contributed by atoms with Crippen molar-refractivity contribution in [3.63, 3.8) is 0 Å². The van der Waals surface area contributed by atoms with Gasteiger partial charge in [-0.1, -0.05) is 12.1 Å². The van der Waals surface area contributed by atoms with Crippen LogP contribution in [0.1, 0.15) is 12.5 Å². The highest BCUT2D eigenvalue weighted by Gasteiger charge is 2.47. The van der Waals surface area contributed by atoms with E-state index >= 15 is 0 Å². The SMILES string of the molecule is CN(C)c1ccc(CC(C)(N)C(F)(F)F)cc1. The van der Waals surface area contributed by atoms with Gasteiger partial charge in [-0.15, -0.1) is 0 Å². The van der Waals surface area contributed by atoms with E-state index in [0.717, 1.165) is 12.6 Å². The normalized spacial score (nSPS) is 15.5. The fraction of sp³-hybridized carbons (Fsp3) is 0.500. The third kappa shape index (κ3) is 3.36. The highest BCUT2D eigenvalue weighted by molar-refractivity contribution is 5.46. The molecule has 1 rings (SSSR count). The van der Waals surface area contributed by atoms with Crippen LogP contribution in [0.3, 0.4) is 0 Å². The second-order valence-electron chi connectivity index (χ2n) is 4.65. The van der Waals surface area contributed by atoms with Gasteiger partial charge in [-0.05, 0) is 31.0 Å². The first-order chi connectivity index (χ1) is 7.63. The second kappa shape index (κ2) is 4.56. The lowest BCUT2D eigenvalue weighted by Crippen LogP contribution is -2.52. The lowest BCUT2D eigenvalue weighted by molar-refractivity contribution is -0.180. The Bertz CT molecular complexity index is 366. The van der Waals surface area contributed by atoms with Gasteiger partial charge in [0.1, 0.15) is 5.54 Å². The van der Waals surface area contributed by atoms with Crippen LogP contribution < -0.4 is 10.6 Å². The van der Waals surface area contributed by atoms with Gasteiger partial charge in [-0.25, -0.2) is 0 Å². The smallest absolute Gasteiger partial charge is 0.378 e. The summed E-state index contributed by atoms with van der Waals surface area (Å²) in [7, 11) is 3.75. The van der Waals surface area contributed by atoms with Gasteiger partial charge >= 0.3 is 6.18 Å². The molecular weight excluding hydrogens is 229 g/mol. The average molecular weight is 246 g/mol. The summed E-state index contributed by atoms with van der Waals surface area (Å²) >= 11 is 0. The molecule has 0 fully saturated rings.